The highest BCUT2D eigenvalue weighted by Crippen LogP contribution is 2.12. The first-order chi connectivity index (χ1) is 8.54. The first kappa shape index (κ1) is 10.9. The van der Waals surface area contributed by atoms with Crippen LogP contribution >= 0.6 is 0 Å². The van der Waals surface area contributed by atoms with Crippen molar-refractivity contribution in [2.45, 2.75) is 20.3 Å². The molecule has 3 heterocycles. The van der Waals surface area contributed by atoms with Gasteiger partial charge in [-0.3, -0.25) is 9.36 Å². The van der Waals surface area contributed by atoms with E-state index in [0.29, 0.717) is 23.5 Å². The van der Waals surface area contributed by atoms with E-state index in [1.54, 1.807) is 0 Å². The van der Waals surface area contributed by atoms with Crippen LogP contribution in [0, 0.1) is 6.92 Å². The lowest BCUT2D eigenvalue weighted by atomic mass is 10.5. The summed E-state index contributed by atoms with van der Waals surface area (Å²) in [5.41, 5.74) is 0.978. The number of hydrogen-bond acceptors (Lipinski definition) is 4. The van der Waals surface area contributed by atoms with Gasteiger partial charge in [-0.1, -0.05) is 6.92 Å². The first-order valence-electron chi connectivity index (χ1n) is 5.82. The molecule has 3 rings (SSSR count). The van der Waals surface area contributed by atoms with Crippen LogP contribution in [0.4, 0.5) is 0 Å². The van der Waals surface area contributed by atoms with E-state index in [9.17, 15) is 4.79 Å². The Kier molecular flexibility index (Phi) is 2.07. The molecule has 3 aromatic heterocycles. The van der Waals surface area contributed by atoms with E-state index in [4.69, 9.17) is 0 Å². The lowest BCUT2D eigenvalue weighted by Crippen LogP contribution is -2.19. The summed E-state index contributed by atoms with van der Waals surface area (Å²) in [7, 11) is 3.75. The predicted molar refractivity (Wildman–Crippen MR) is 66.6 cm³/mol. The van der Waals surface area contributed by atoms with Gasteiger partial charge in [0.1, 0.15) is 11.5 Å². The minimum absolute atomic E-state index is 0.214. The van der Waals surface area contributed by atoms with E-state index in [2.05, 4.69) is 15.1 Å². The predicted octanol–water partition coefficient (Wildman–Crippen LogP) is 0.186. The van der Waals surface area contributed by atoms with Crippen molar-refractivity contribution >= 4 is 16.9 Å². The molecule has 0 spiro atoms. The van der Waals surface area contributed by atoms with Gasteiger partial charge in [0, 0.05) is 20.5 Å². The minimum Gasteiger partial charge on any atom is -0.317 e. The Bertz CT molecular complexity index is 822. The lowest BCUT2D eigenvalue weighted by molar-refractivity contribution is 0.800. The van der Waals surface area contributed by atoms with Crippen molar-refractivity contribution in [3.05, 3.63) is 22.0 Å². The molecule has 0 atom stereocenters. The van der Waals surface area contributed by atoms with E-state index >= 15 is 0 Å². The fraction of sp³-hybridized carbons (Fsp3) is 0.455. The summed E-state index contributed by atoms with van der Waals surface area (Å²) in [4.78, 5) is 21.0. The largest absolute Gasteiger partial charge is 0.317 e. The van der Waals surface area contributed by atoms with Crippen LogP contribution in [0.25, 0.3) is 16.9 Å². The molecule has 0 aliphatic rings. The molecule has 7 heteroatoms. The monoisotopic (exact) mass is 246 g/mol. The third-order valence-corrected chi connectivity index (χ3v) is 3.25. The number of imidazole rings is 1. The standard InChI is InChI=1S/C11H14N6O/c1-5-7-13-11-16(4)9-8(10(18)17(11)14-7)12-6(2)15(9)3/h5H2,1-4H3. The quantitative estimate of drug-likeness (QED) is 0.614. The maximum absolute atomic E-state index is 12.3. The molecule has 0 fully saturated rings. The molecule has 0 saturated heterocycles. The summed E-state index contributed by atoms with van der Waals surface area (Å²) >= 11 is 0. The third-order valence-electron chi connectivity index (χ3n) is 3.25. The fourth-order valence-corrected chi connectivity index (χ4v) is 2.17. The van der Waals surface area contributed by atoms with Crippen molar-refractivity contribution in [2.75, 3.05) is 0 Å². The lowest BCUT2D eigenvalue weighted by Gasteiger charge is -2.04. The molecule has 0 amide bonds. The van der Waals surface area contributed by atoms with Gasteiger partial charge in [-0.05, 0) is 6.92 Å². The van der Waals surface area contributed by atoms with Crippen LogP contribution in [0.15, 0.2) is 4.79 Å². The summed E-state index contributed by atoms with van der Waals surface area (Å²) in [6.07, 6.45) is 0.698. The summed E-state index contributed by atoms with van der Waals surface area (Å²) in [6, 6.07) is 0. The van der Waals surface area contributed by atoms with Gasteiger partial charge >= 0.3 is 5.56 Å². The van der Waals surface area contributed by atoms with Crippen molar-refractivity contribution < 1.29 is 0 Å². The van der Waals surface area contributed by atoms with Crippen LogP contribution in [-0.2, 0) is 20.5 Å². The van der Waals surface area contributed by atoms with Crippen molar-refractivity contribution in [1.29, 1.82) is 0 Å². The molecule has 7 nitrogen and oxygen atoms in total. The molecule has 94 valence electrons. The minimum atomic E-state index is -0.214. The number of hydrogen-bond donors (Lipinski definition) is 0. The Labute approximate surface area is 103 Å². The average molecular weight is 246 g/mol. The van der Waals surface area contributed by atoms with Crippen LogP contribution < -0.4 is 5.56 Å². The molecule has 3 aromatic rings. The summed E-state index contributed by atoms with van der Waals surface area (Å²) < 4.78 is 5.06. The van der Waals surface area contributed by atoms with E-state index < -0.39 is 0 Å². The van der Waals surface area contributed by atoms with E-state index in [1.165, 1.54) is 4.52 Å². The second kappa shape index (κ2) is 3.41. The Morgan fingerprint density at radius 1 is 1.17 bits per heavy atom. The fourth-order valence-electron chi connectivity index (χ4n) is 2.17. The van der Waals surface area contributed by atoms with E-state index in [0.717, 1.165) is 11.5 Å². The maximum Gasteiger partial charge on any atom is 0.303 e. The van der Waals surface area contributed by atoms with Gasteiger partial charge in [-0.2, -0.15) is 9.50 Å². The van der Waals surface area contributed by atoms with E-state index in [1.807, 2.05) is 37.1 Å². The molecular formula is C11H14N6O. The van der Waals surface area contributed by atoms with Gasteiger partial charge < -0.3 is 4.57 Å². The van der Waals surface area contributed by atoms with Crippen LogP contribution in [0.1, 0.15) is 18.6 Å². The van der Waals surface area contributed by atoms with Crippen LogP contribution in [-0.4, -0.2) is 28.7 Å². The zero-order valence-corrected chi connectivity index (χ0v) is 10.8. The van der Waals surface area contributed by atoms with Gasteiger partial charge in [-0.15, -0.1) is 5.10 Å². The normalized spacial score (nSPS) is 11.8. The van der Waals surface area contributed by atoms with Crippen LogP contribution in [0.2, 0.25) is 0 Å². The average Bonchev–Trinajstić information content (AvgIpc) is 2.90. The number of aryl methyl sites for hydroxylation is 4. The zero-order valence-electron chi connectivity index (χ0n) is 10.8. The van der Waals surface area contributed by atoms with Gasteiger partial charge in [0.05, 0.1) is 0 Å². The molecule has 0 saturated carbocycles. The zero-order chi connectivity index (χ0) is 13.0. The van der Waals surface area contributed by atoms with E-state index in [-0.39, 0.29) is 5.56 Å². The molecule has 0 aromatic carbocycles. The van der Waals surface area contributed by atoms with Crippen LogP contribution in [0.3, 0.4) is 0 Å². The molecule has 0 aliphatic heterocycles. The molecule has 0 unspecified atom stereocenters. The molecule has 0 N–H and O–H groups in total. The molecule has 0 bridgehead atoms. The molecule has 18 heavy (non-hydrogen) atoms. The number of nitrogens with zero attached hydrogens (tertiary/aromatic N) is 6. The maximum atomic E-state index is 12.3. The van der Waals surface area contributed by atoms with Gasteiger partial charge in [0.2, 0.25) is 5.78 Å². The Balaban J connectivity index is 2.62. The number of aromatic nitrogens is 6. The van der Waals surface area contributed by atoms with Gasteiger partial charge in [0.25, 0.3) is 0 Å². The third kappa shape index (κ3) is 1.18. The summed E-state index contributed by atoms with van der Waals surface area (Å²) in [5.74, 6) is 2.00. The summed E-state index contributed by atoms with van der Waals surface area (Å²) in [5, 5.41) is 4.20. The van der Waals surface area contributed by atoms with Crippen molar-refractivity contribution in [3.8, 4) is 0 Å². The highest BCUT2D eigenvalue weighted by Gasteiger charge is 2.17. The SMILES string of the molecule is CCc1nc2n(C)c3c(nc(C)n3C)c(=O)n2n1. The highest BCUT2D eigenvalue weighted by molar-refractivity contribution is 5.73. The summed E-state index contributed by atoms with van der Waals surface area (Å²) in [6.45, 7) is 3.83. The smallest absolute Gasteiger partial charge is 0.303 e. The van der Waals surface area contributed by atoms with Gasteiger partial charge in [-0.25, -0.2) is 4.98 Å². The molecular weight excluding hydrogens is 232 g/mol. The van der Waals surface area contributed by atoms with Crippen LogP contribution in [0.5, 0.6) is 0 Å². The molecule has 0 radical (unpaired) electrons. The van der Waals surface area contributed by atoms with Crippen molar-refractivity contribution in [1.82, 2.24) is 28.7 Å². The number of rotatable bonds is 1. The second-order valence-electron chi connectivity index (χ2n) is 4.35. The number of fused-ring (bicyclic) bond motifs is 2. The highest BCUT2D eigenvalue weighted by atomic mass is 16.1. The van der Waals surface area contributed by atoms with Crippen molar-refractivity contribution in [2.24, 2.45) is 14.1 Å². The molecule has 0 aliphatic carbocycles. The Hall–Kier alpha value is -2.18. The van der Waals surface area contributed by atoms with Gasteiger partial charge in [0.15, 0.2) is 11.3 Å². The second-order valence-corrected chi connectivity index (χ2v) is 4.35. The van der Waals surface area contributed by atoms with Crippen molar-refractivity contribution in [3.63, 3.8) is 0 Å². The first-order valence-corrected chi connectivity index (χ1v) is 5.82. The Morgan fingerprint density at radius 2 is 1.89 bits per heavy atom. The Morgan fingerprint density at radius 3 is 2.56 bits per heavy atom. The topological polar surface area (TPSA) is 70.0 Å².